The van der Waals surface area contributed by atoms with Crippen molar-refractivity contribution in [2.75, 3.05) is 6.54 Å². The van der Waals surface area contributed by atoms with Crippen molar-refractivity contribution in [2.45, 2.75) is 6.92 Å². The van der Waals surface area contributed by atoms with Crippen LogP contribution in [-0.2, 0) is 4.79 Å². The van der Waals surface area contributed by atoms with Crippen LogP contribution in [0.4, 0.5) is 0 Å². The normalized spacial score (nSPS) is 9.44. The Hall–Kier alpha value is -1.26. The quantitative estimate of drug-likeness (QED) is 0.316. The molecule has 0 heterocycles. The minimum atomic E-state index is -0.325. The first-order valence-electron chi connectivity index (χ1n) is 2.49. The van der Waals surface area contributed by atoms with Gasteiger partial charge in [-0.15, -0.1) is 5.10 Å². The monoisotopic (exact) mass is 128 g/mol. The summed E-state index contributed by atoms with van der Waals surface area (Å²) in [5.74, 6) is -0.325. The van der Waals surface area contributed by atoms with Crippen molar-refractivity contribution >= 4 is 12.1 Å². The van der Waals surface area contributed by atoms with Crippen molar-refractivity contribution in [3.8, 4) is 0 Å². The molecule has 50 valence electrons. The van der Waals surface area contributed by atoms with E-state index in [2.05, 4.69) is 15.6 Å². The van der Waals surface area contributed by atoms with E-state index < -0.39 is 0 Å². The van der Waals surface area contributed by atoms with E-state index in [1.165, 1.54) is 0 Å². The fourth-order valence-electron chi connectivity index (χ4n) is 0.301. The average Bonchev–Trinajstić information content (AvgIpc) is 1.85. The van der Waals surface area contributed by atoms with Crippen LogP contribution in [0.5, 0.6) is 0 Å². The highest BCUT2D eigenvalue weighted by atomic mass is 16.1. The lowest BCUT2D eigenvalue weighted by Gasteiger charge is -1.90. The van der Waals surface area contributed by atoms with Gasteiger partial charge in [0.1, 0.15) is 6.21 Å². The Morgan fingerprint density at radius 1 is 1.89 bits per heavy atom. The highest BCUT2D eigenvalue weighted by molar-refractivity contribution is 6.26. The number of carbonyl (C=O) groups is 1. The Morgan fingerprint density at radius 2 is 2.56 bits per heavy atom. The topological polar surface area (TPSA) is 77.7 Å². The van der Waals surface area contributed by atoms with Crippen LogP contribution in [0, 0.1) is 5.53 Å². The molecule has 0 atom stereocenters. The van der Waals surface area contributed by atoms with Gasteiger partial charge in [0.2, 0.25) is 0 Å². The summed E-state index contributed by atoms with van der Waals surface area (Å²) in [4.78, 5) is 10.4. The van der Waals surface area contributed by atoms with E-state index in [-0.39, 0.29) is 5.91 Å². The molecule has 0 fully saturated rings. The van der Waals surface area contributed by atoms with Crippen molar-refractivity contribution in [2.24, 2.45) is 10.3 Å². The van der Waals surface area contributed by atoms with E-state index in [4.69, 9.17) is 5.53 Å². The first-order valence-corrected chi connectivity index (χ1v) is 2.49. The second-order valence-electron chi connectivity index (χ2n) is 1.24. The molecule has 0 aromatic heterocycles. The molecule has 0 saturated heterocycles. The van der Waals surface area contributed by atoms with E-state index in [0.717, 1.165) is 6.21 Å². The maximum absolute atomic E-state index is 10.4. The van der Waals surface area contributed by atoms with Gasteiger partial charge in [-0.05, 0) is 6.92 Å². The summed E-state index contributed by atoms with van der Waals surface area (Å²) in [7, 11) is 0. The van der Waals surface area contributed by atoms with Crippen molar-refractivity contribution in [1.29, 1.82) is 5.53 Å². The van der Waals surface area contributed by atoms with Gasteiger partial charge in [0.15, 0.2) is 0 Å². The van der Waals surface area contributed by atoms with Crippen LogP contribution >= 0.6 is 0 Å². The molecule has 0 radical (unpaired) electrons. The van der Waals surface area contributed by atoms with Gasteiger partial charge in [0, 0.05) is 6.54 Å². The number of hydrogen-bond donors (Lipinski definition) is 2. The molecule has 5 nitrogen and oxygen atoms in total. The molecule has 0 unspecified atom stereocenters. The molecule has 0 spiro atoms. The van der Waals surface area contributed by atoms with Crippen LogP contribution in [0.15, 0.2) is 10.3 Å². The van der Waals surface area contributed by atoms with Gasteiger partial charge >= 0.3 is 0 Å². The molecule has 0 saturated carbocycles. The van der Waals surface area contributed by atoms with Crippen LogP contribution in [0.3, 0.4) is 0 Å². The van der Waals surface area contributed by atoms with Gasteiger partial charge in [-0.25, -0.2) is 0 Å². The Balaban J connectivity index is 3.49. The summed E-state index contributed by atoms with van der Waals surface area (Å²) < 4.78 is 0. The maximum atomic E-state index is 10.4. The van der Waals surface area contributed by atoms with Crippen molar-refractivity contribution in [3.05, 3.63) is 0 Å². The second kappa shape index (κ2) is 4.89. The zero-order valence-corrected chi connectivity index (χ0v) is 5.09. The molecule has 5 heteroatoms. The second-order valence-corrected chi connectivity index (χ2v) is 1.24. The summed E-state index contributed by atoms with van der Waals surface area (Å²) in [5, 5.41) is 8.11. The van der Waals surface area contributed by atoms with Crippen molar-refractivity contribution in [1.82, 2.24) is 5.32 Å². The Kier molecular flexibility index (Phi) is 4.20. The number of nitrogens with one attached hydrogen (secondary N) is 2. The van der Waals surface area contributed by atoms with Crippen LogP contribution in [-0.4, -0.2) is 18.7 Å². The molecule has 9 heavy (non-hydrogen) atoms. The number of amides is 1. The Bertz CT molecular complexity index is 131. The van der Waals surface area contributed by atoms with Crippen LogP contribution in [0.25, 0.3) is 0 Å². The summed E-state index contributed by atoms with van der Waals surface area (Å²) in [6.07, 6.45) is 0.955. The lowest BCUT2D eigenvalue weighted by atomic mass is 10.6. The molecule has 0 aliphatic heterocycles. The first kappa shape index (κ1) is 7.74. The van der Waals surface area contributed by atoms with Gasteiger partial charge in [0.05, 0.1) is 0 Å². The van der Waals surface area contributed by atoms with Crippen molar-refractivity contribution < 1.29 is 4.79 Å². The van der Waals surface area contributed by atoms with Crippen LogP contribution in [0.1, 0.15) is 6.92 Å². The molecule has 2 N–H and O–H groups in total. The lowest BCUT2D eigenvalue weighted by Crippen LogP contribution is -2.23. The van der Waals surface area contributed by atoms with Gasteiger partial charge in [-0.3, -0.25) is 4.79 Å². The van der Waals surface area contributed by atoms with E-state index >= 15 is 0 Å². The molecule has 0 aliphatic carbocycles. The van der Waals surface area contributed by atoms with Gasteiger partial charge in [-0.2, -0.15) is 5.53 Å². The third kappa shape index (κ3) is 4.60. The molecule has 0 aromatic rings. The van der Waals surface area contributed by atoms with E-state index in [1.807, 2.05) is 0 Å². The first-order chi connectivity index (χ1) is 4.31. The predicted molar refractivity (Wildman–Crippen MR) is 32.3 cm³/mol. The lowest BCUT2D eigenvalue weighted by molar-refractivity contribution is -0.114. The van der Waals surface area contributed by atoms with Gasteiger partial charge in [-0.1, -0.05) is 5.22 Å². The summed E-state index contributed by atoms with van der Waals surface area (Å²) >= 11 is 0. The third-order valence-electron chi connectivity index (χ3n) is 0.584. The molecular formula is C4H8N4O. The molecule has 0 bridgehead atoms. The SMILES string of the molecule is CCNC(=O)C=NN=N. The minimum absolute atomic E-state index is 0.325. The van der Waals surface area contributed by atoms with E-state index in [9.17, 15) is 4.79 Å². The molecule has 0 aliphatic rings. The fraction of sp³-hybridized carbons (Fsp3) is 0.500. The predicted octanol–water partition coefficient (Wildman–Crippen LogP) is 0.139. The summed E-state index contributed by atoms with van der Waals surface area (Å²) in [5.41, 5.74) is 6.18. The maximum Gasteiger partial charge on any atom is 0.264 e. The highest BCUT2D eigenvalue weighted by Crippen LogP contribution is 1.64. The zero-order chi connectivity index (χ0) is 7.11. The zero-order valence-electron chi connectivity index (χ0n) is 5.09. The van der Waals surface area contributed by atoms with Gasteiger partial charge in [0.25, 0.3) is 5.91 Å². The molecule has 0 rings (SSSR count). The summed E-state index contributed by atoms with van der Waals surface area (Å²) in [6.45, 7) is 2.35. The number of nitrogens with zero attached hydrogens (tertiary/aromatic N) is 2. The minimum Gasteiger partial charge on any atom is -0.351 e. The van der Waals surface area contributed by atoms with E-state index in [1.54, 1.807) is 6.92 Å². The largest absolute Gasteiger partial charge is 0.351 e. The molecular weight excluding hydrogens is 120 g/mol. The number of rotatable bonds is 3. The average molecular weight is 128 g/mol. The van der Waals surface area contributed by atoms with E-state index in [0.29, 0.717) is 6.54 Å². The smallest absolute Gasteiger partial charge is 0.264 e. The van der Waals surface area contributed by atoms with Crippen molar-refractivity contribution in [3.63, 3.8) is 0 Å². The van der Waals surface area contributed by atoms with Crippen LogP contribution in [0.2, 0.25) is 0 Å². The molecule has 0 aromatic carbocycles. The Morgan fingerprint density at radius 3 is 3.00 bits per heavy atom. The number of hydrogen-bond acceptors (Lipinski definition) is 3. The third-order valence-corrected chi connectivity index (χ3v) is 0.584. The molecule has 1 amide bonds. The summed E-state index contributed by atoms with van der Waals surface area (Å²) in [6, 6.07) is 0. The standard InChI is InChI=1S/C4H8N4O/c1-2-6-4(9)3-7-8-5/h3,5H,2H2,1H3,(H,6,9). The highest BCUT2D eigenvalue weighted by Gasteiger charge is 1.88. The fourth-order valence-corrected chi connectivity index (χ4v) is 0.301. The van der Waals surface area contributed by atoms with Gasteiger partial charge < -0.3 is 5.32 Å². The Labute approximate surface area is 52.6 Å². The van der Waals surface area contributed by atoms with Crippen LogP contribution < -0.4 is 5.32 Å². The number of carbonyl (C=O) groups excluding carboxylic acids is 1.